The minimum Gasteiger partial charge on any atom is -0.329 e. The molecule has 0 saturated heterocycles. The fraction of sp³-hybridized carbons (Fsp3) is 0.773. The molecule has 0 rings (SSSR count). The maximum absolute atomic E-state index is 12.4. The summed E-state index contributed by atoms with van der Waals surface area (Å²) in [6.45, 7) is 4.03. The zero-order valence-electron chi connectivity index (χ0n) is 36.0. The first-order chi connectivity index (χ1) is 27.0. The fourth-order valence-corrected chi connectivity index (χ4v) is 6.03. The summed E-state index contributed by atoms with van der Waals surface area (Å²) in [5.41, 5.74) is 0. The maximum Gasteiger partial charge on any atom is 0.472 e. The van der Waals surface area contributed by atoms with Gasteiger partial charge in [0.25, 0.3) is 0 Å². The van der Waals surface area contributed by atoms with Crippen LogP contribution >= 0.6 is 7.82 Å². The molecule has 56 heavy (non-hydrogen) atoms. The van der Waals surface area contributed by atoms with Crippen LogP contribution in [-0.4, -0.2) is 74.9 Å². The Morgan fingerprint density at radius 3 is 1.46 bits per heavy atom. The van der Waals surface area contributed by atoms with Gasteiger partial charge in [0.2, 0.25) is 0 Å². The molecular formula is C44H81NO10P+. The molecule has 0 amide bonds. The van der Waals surface area contributed by atoms with Gasteiger partial charge in [-0.2, -0.15) is 9.78 Å². The van der Waals surface area contributed by atoms with Gasteiger partial charge in [-0.05, 0) is 77.0 Å². The van der Waals surface area contributed by atoms with Crippen LogP contribution in [0.4, 0.5) is 0 Å². The maximum atomic E-state index is 12.4. The van der Waals surface area contributed by atoms with Crippen LogP contribution in [-0.2, 0) is 42.8 Å². The standard InChI is InChI=1S/C44H80NO10P/c1-6-8-10-12-14-16-18-20-22-24-26-28-30-32-34-36-43(46)54-50-40-42(41-52-56(48,49)51-39-38-45(3,4)5)53-55-44(47)37-35-33-31-29-27-25-23-21-19-17-15-13-11-9-7-2/h14-17,20-23,42H,6-13,18-19,24-41H2,1-5H3/p+1/b16-14-,17-15-,22-20-,23-21-/t42-/m1/s1. The lowest BCUT2D eigenvalue weighted by Crippen LogP contribution is -2.37. The number of phosphoric ester groups is 1. The average molecular weight is 815 g/mol. The molecule has 0 aliphatic carbocycles. The second kappa shape index (κ2) is 38.4. The molecule has 326 valence electrons. The summed E-state index contributed by atoms with van der Waals surface area (Å²) in [6, 6.07) is 0. The third-order valence-electron chi connectivity index (χ3n) is 8.79. The van der Waals surface area contributed by atoms with E-state index in [0.29, 0.717) is 23.9 Å². The van der Waals surface area contributed by atoms with Gasteiger partial charge < -0.3 is 9.38 Å². The van der Waals surface area contributed by atoms with Gasteiger partial charge in [0, 0.05) is 12.8 Å². The Hall–Kier alpha value is -2.11. The smallest absolute Gasteiger partial charge is 0.329 e. The van der Waals surface area contributed by atoms with E-state index in [1.54, 1.807) is 0 Å². The van der Waals surface area contributed by atoms with E-state index in [9.17, 15) is 19.0 Å². The lowest BCUT2D eigenvalue weighted by Gasteiger charge is -2.24. The number of allylic oxidation sites excluding steroid dienone is 8. The molecule has 1 N–H and O–H groups in total. The number of rotatable bonds is 40. The van der Waals surface area contributed by atoms with Gasteiger partial charge in [-0.1, -0.05) is 127 Å². The lowest BCUT2D eigenvalue weighted by atomic mass is 10.1. The van der Waals surface area contributed by atoms with Crippen LogP contribution in [0.3, 0.4) is 0 Å². The summed E-state index contributed by atoms with van der Waals surface area (Å²) in [5, 5.41) is 0. The van der Waals surface area contributed by atoms with Crippen LogP contribution in [0.1, 0.15) is 168 Å². The first-order valence-corrected chi connectivity index (χ1v) is 23.2. The number of nitrogens with zero attached hydrogens (tertiary/aromatic N) is 1. The molecule has 0 aromatic carbocycles. The first-order valence-electron chi connectivity index (χ1n) is 21.7. The van der Waals surface area contributed by atoms with Crippen LogP contribution < -0.4 is 0 Å². The average Bonchev–Trinajstić information content (AvgIpc) is 3.15. The zero-order valence-corrected chi connectivity index (χ0v) is 36.9. The van der Waals surface area contributed by atoms with Crippen LogP contribution in [0.15, 0.2) is 48.6 Å². The summed E-state index contributed by atoms with van der Waals surface area (Å²) < 4.78 is 23.1. The molecule has 0 fully saturated rings. The molecular weight excluding hydrogens is 733 g/mol. The molecule has 1 unspecified atom stereocenters. The molecule has 0 radical (unpaired) electrons. The van der Waals surface area contributed by atoms with E-state index in [4.69, 9.17) is 28.6 Å². The van der Waals surface area contributed by atoms with E-state index in [1.165, 1.54) is 51.4 Å². The number of likely N-dealkylation sites (N-methyl/N-ethyl adjacent to an activating group) is 1. The van der Waals surface area contributed by atoms with Crippen molar-refractivity contribution in [2.75, 3.05) is 47.5 Å². The molecule has 12 heteroatoms. The number of unbranched alkanes of at least 4 members (excludes halogenated alkanes) is 16. The monoisotopic (exact) mass is 815 g/mol. The summed E-state index contributed by atoms with van der Waals surface area (Å²) in [4.78, 5) is 54.8. The van der Waals surface area contributed by atoms with Crippen LogP contribution in [0.2, 0.25) is 0 Å². The molecule has 0 aromatic rings. The van der Waals surface area contributed by atoms with E-state index < -0.39 is 32.5 Å². The Balaban J connectivity index is 4.38. The third kappa shape index (κ3) is 41.5. The summed E-state index contributed by atoms with van der Waals surface area (Å²) in [6.07, 6.45) is 40.8. The predicted octanol–water partition coefficient (Wildman–Crippen LogP) is 11.8. The predicted molar refractivity (Wildman–Crippen MR) is 226 cm³/mol. The van der Waals surface area contributed by atoms with E-state index >= 15 is 0 Å². The number of carbonyl (C=O) groups excluding carboxylic acids is 2. The fourth-order valence-electron chi connectivity index (χ4n) is 5.29. The molecule has 0 bridgehead atoms. The van der Waals surface area contributed by atoms with Gasteiger partial charge in [-0.3, -0.25) is 18.8 Å². The Morgan fingerprint density at radius 2 is 1.00 bits per heavy atom. The molecule has 0 aromatic heterocycles. The minimum atomic E-state index is -4.43. The van der Waals surface area contributed by atoms with Crippen molar-refractivity contribution in [2.45, 2.75) is 174 Å². The largest absolute Gasteiger partial charge is 0.472 e. The highest BCUT2D eigenvalue weighted by molar-refractivity contribution is 7.47. The summed E-state index contributed by atoms with van der Waals surface area (Å²) >= 11 is 0. The van der Waals surface area contributed by atoms with Crippen molar-refractivity contribution >= 4 is 19.8 Å². The molecule has 0 aliphatic rings. The van der Waals surface area contributed by atoms with Crippen molar-refractivity contribution in [3.05, 3.63) is 48.6 Å². The van der Waals surface area contributed by atoms with Gasteiger partial charge in [-0.25, -0.2) is 14.2 Å². The van der Waals surface area contributed by atoms with Crippen LogP contribution in [0.25, 0.3) is 0 Å². The van der Waals surface area contributed by atoms with E-state index in [0.717, 1.165) is 77.0 Å². The zero-order chi connectivity index (χ0) is 41.4. The Bertz CT molecular complexity index is 1100. The van der Waals surface area contributed by atoms with Crippen molar-refractivity contribution in [1.29, 1.82) is 0 Å². The number of carbonyl (C=O) groups is 2. The second-order valence-corrected chi connectivity index (χ2v) is 16.9. The molecule has 2 atom stereocenters. The van der Waals surface area contributed by atoms with Gasteiger partial charge in [0.1, 0.15) is 19.8 Å². The number of hydrogen-bond acceptors (Lipinski definition) is 9. The van der Waals surface area contributed by atoms with E-state index in [2.05, 4.69) is 62.5 Å². The minimum absolute atomic E-state index is 0.00632. The molecule has 0 aliphatic heterocycles. The highest BCUT2D eigenvalue weighted by Crippen LogP contribution is 2.43. The molecule has 0 spiro atoms. The Kier molecular flexibility index (Phi) is 37.0. The van der Waals surface area contributed by atoms with Crippen LogP contribution in [0, 0.1) is 0 Å². The van der Waals surface area contributed by atoms with Gasteiger partial charge in [-0.15, -0.1) is 0 Å². The van der Waals surface area contributed by atoms with Crippen molar-refractivity contribution in [3.8, 4) is 0 Å². The third-order valence-corrected chi connectivity index (χ3v) is 9.77. The summed E-state index contributed by atoms with van der Waals surface area (Å²) in [5.74, 6) is -1.12. The van der Waals surface area contributed by atoms with Crippen LogP contribution in [0.5, 0.6) is 0 Å². The van der Waals surface area contributed by atoms with Crippen molar-refractivity contribution in [2.24, 2.45) is 0 Å². The van der Waals surface area contributed by atoms with Crippen molar-refractivity contribution in [3.63, 3.8) is 0 Å². The van der Waals surface area contributed by atoms with Crippen molar-refractivity contribution in [1.82, 2.24) is 0 Å². The Labute approximate surface area is 341 Å². The lowest BCUT2D eigenvalue weighted by molar-refractivity contribution is -0.870. The van der Waals surface area contributed by atoms with Gasteiger partial charge in [0.05, 0.1) is 27.7 Å². The number of phosphoric acid groups is 1. The van der Waals surface area contributed by atoms with Gasteiger partial charge in [0.15, 0.2) is 6.10 Å². The normalized spacial score (nSPS) is 14.0. The topological polar surface area (TPSA) is 127 Å². The van der Waals surface area contributed by atoms with Gasteiger partial charge >= 0.3 is 19.8 Å². The Morgan fingerprint density at radius 1 is 0.571 bits per heavy atom. The molecule has 0 saturated carbocycles. The summed E-state index contributed by atoms with van der Waals surface area (Å²) in [7, 11) is 1.35. The first kappa shape index (κ1) is 53.9. The highest BCUT2D eigenvalue weighted by atomic mass is 31.2. The molecule has 11 nitrogen and oxygen atoms in total. The SMILES string of the molecule is CCCCC/C=C\C/C=C\CCCCCCCC(=O)OOC[C@H](COP(=O)(O)OCC[N+](C)(C)C)OOC(=O)CCCCCCC/C=C\C/C=C\CCCCC. The number of quaternary nitrogens is 1. The highest BCUT2D eigenvalue weighted by Gasteiger charge is 2.26. The quantitative estimate of drug-likeness (QED) is 0.0159. The molecule has 0 heterocycles. The van der Waals surface area contributed by atoms with E-state index in [-0.39, 0.29) is 26.1 Å². The van der Waals surface area contributed by atoms with Crippen molar-refractivity contribution < 1.29 is 52.1 Å². The second-order valence-electron chi connectivity index (χ2n) is 15.5. The number of hydrogen-bond donors (Lipinski definition) is 1. The van der Waals surface area contributed by atoms with E-state index in [1.807, 2.05) is 21.1 Å².